The Balaban J connectivity index is 1.00. The number of fused-ring (bicyclic) bond motifs is 9. The average molecular weight is 746 g/mol. The van der Waals surface area contributed by atoms with E-state index in [1.807, 2.05) is 24.3 Å². The Labute approximate surface area is 328 Å². The van der Waals surface area contributed by atoms with Crippen LogP contribution in [0, 0.1) is 0 Å². The number of aromatic nitrogens is 3. The maximum absolute atomic E-state index is 6.40. The summed E-state index contributed by atoms with van der Waals surface area (Å²) in [5.74, 6) is 1.83. The molecule has 4 aromatic heterocycles. The summed E-state index contributed by atoms with van der Waals surface area (Å²) in [6.07, 6.45) is 0. The predicted molar refractivity (Wildman–Crippen MR) is 235 cm³/mol. The molecule has 0 bridgehead atoms. The second-order valence-electron chi connectivity index (χ2n) is 14.7. The molecule has 9 aromatic carbocycles. The van der Waals surface area contributed by atoms with Crippen molar-refractivity contribution in [3.05, 3.63) is 164 Å². The topological polar surface area (TPSA) is 65.0 Å². The highest BCUT2D eigenvalue weighted by molar-refractivity contribution is 7.26. The van der Waals surface area contributed by atoms with E-state index in [-0.39, 0.29) is 0 Å². The zero-order chi connectivity index (χ0) is 37.2. The van der Waals surface area contributed by atoms with Crippen molar-refractivity contribution in [3.8, 4) is 45.3 Å². The zero-order valence-corrected chi connectivity index (χ0v) is 31.0. The number of hydrogen-bond donors (Lipinski definition) is 0. The van der Waals surface area contributed by atoms with Crippen molar-refractivity contribution in [2.75, 3.05) is 0 Å². The highest BCUT2D eigenvalue weighted by Crippen LogP contribution is 2.46. The molecule has 0 unspecified atom stereocenters. The summed E-state index contributed by atoms with van der Waals surface area (Å²) >= 11 is 1.77. The van der Waals surface area contributed by atoms with Crippen LogP contribution >= 0.6 is 11.3 Å². The van der Waals surface area contributed by atoms with Crippen LogP contribution < -0.4 is 0 Å². The first kappa shape index (κ1) is 30.9. The molecule has 0 aliphatic rings. The lowest BCUT2D eigenvalue weighted by molar-refractivity contribution is 0.669. The van der Waals surface area contributed by atoms with Gasteiger partial charge in [-0.25, -0.2) is 15.0 Å². The lowest BCUT2D eigenvalue weighted by atomic mass is 9.89. The molecule has 0 fully saturated rings. The molecule has 0 aliphatic carbocycles. The highest BCUT2D eigenvalue weighted by Gasteiger charge is 2.21. The summed E-state index contributed by atoms with van der Waals surface area (Å²) in [6, 6.07) is 57.3. The van der Waals surface area contributed by atoms with Crippen LogP contribution in [-0.2, 0) is 0 Å². The van der Waals surface area contributed by atoms with Gasteiger partial charge < -0.3 is 8.83 Å². The standard InChI is InChI=1S/C51H27N3O2S/c1-2-12-36-32(9-1)37-13-8-17-41-46(37)47-42(56-41)26-25-31(45(36)47)28-19-21-29(22-20-28)49-52-50(30-23-24-34-33-10-3-5-16-40(33)55-43(34)27-30)54-51(53-49)39-15-7-14-38-35-11-4-6-18-44(35)57-48(38)39/h1-27H. The lowest BCUT2D eigenvalue weighted by Gasteiger charge is -2.13. The fraction of sp³-hybridized carbons (Fsp3) is 0. The van der Waals surface area contributed by atoms with Crippen molar-refractivity contribution < 1.29 is 8.83 Å². The minimum Gasteiger partial charge on any atom is -0.456 e. The molecular weight excluding hydrogens is 719 g/mol. The van der Waals surface area contributed by atoms with Crippen LogP contribution in [0.1, 0.15) is 0 Å². The van der Waals surface area contributed by atoms with Crippen molar-refractivity contribution in [2.45, 2.75) is 0 Å². The predicted octanol–water partition coefficient (Wildman–Crippen LogP) is 14.5. The van der Waals surface area contributed by atoms with Gasteiger partial charge in [0.05, 0.1) is 0 Å². The van der Waals surface area contributed by atoms with Crippen LogP contribution in [0.15, 0.2) is 173 Å². The summed E-state index contributed by atoms with van der Waals surface area (Å²) in [5, 5.41) is 11.8. The van der Waals surface area contributed by atoms with Gasteiger partial charge >= 0.3 is 0 Å². The maximum Gasteiger partial charge on any atom is 0.165 e. The molecule has 5 nitrogen and oxygen atoms in total. The monoisotopic (exact) mass is 745 g/mol. The van der Waals surface area contributed by atoms with E-state index in [1.165, 1.54) is 47.8 Å². The summed E-state index contributed by atoms with van der Waals surface area (Å²) in [7, 11) is 0. The van der Waals surface area contributed by atoms with E-state index in [2.05, 4.69) is 140 Å². The summed E-state index contributed by atoms with van der Waals surface area (Å²) in [5.41, 5.74) is 8.50. The van der Waals surface area contributed by atoms with Gasteiger partial charge in [-0.2, -0.15) is 0 Å². The quantitative estimate of drug-likeness (QED) is 0.168. The van der Waals surface area contributed by atoms with E-state index in [0.29, 0.717) is 17.5 Å². The first-order valence-corrected chi connectivity index (χ1v) is 19.8. The Kier molecular flexibility index (Phi) is 6.26. The van der Waals surface area contributed by atoms with E-state index in [9.17, 15) is 0 Å². The number of benzene rings is 9. The van der Waals surface area contributed by atoms with Crippen molar-refractivity contribution >= 4 is 96.9 Å². The molecule has 4 heterocycles. The number of para-hydroxylation sites is 1. The Hall–Kier alpha value is -7.41. The minimum absolute atomic E-state index is 0.591. The Morgan fingerprint density at radius 2 is 0.930 bits per heavy atom. The molecular formula is C51H27N3O2S. The van der Waals surface area contributed by atoms with E-state index >= 15 is 0 Å². The lowest BCUT2D eigenvalue weighted by Crippen LogP contribution is -2.00. The normalized spacial score (nSPS) is 12.2. The first-order chi connectivity index (χ1) is 28.2. The van der Waals surface area contributed by atoms with Crippen LogP contribution in [0.2, 0.25) is 0 Å². The van der Waals surface area contributed by atoms with Gasteiger partial charge in [-0.15, -0.1) is 11.3 Å². The third kappa shape index (κ3) is 4.47. The Bertz CT molecular complexity index is 3760. The first-order valence-electron chi connectivity index (χ1n) is 19.0. The van der Waals surface area contributed by atoms with Gasteiger partial charge in [-0.1, -0.05) is 121 Å². The molecule has 13 rings (SSSR count). The summed E-state index contributed by atoms with van der Waals surface area (Å²) in [4.78, 5) is 15.5. The van der Waals surface area contributed by atoms with E-state index < -0.39 is 0 Å². The van der Waals surface area contributed by atoms with Crippen LogP contribution in [0.25, 0.3) is 131 Å². The van der Waals surface area contributed by atoms with Gasteiger partial charge in [0, 0.05) is 63.8 Å². The molecule has 0 aliphatic heterocycles. The third-order valence-electron chi connectivity index (χ3n) is 11.5. The van der Waals surface area contributed by atoms with Crippen LogP contribution in [0.5, 0.6) is 0 Å². The molecule has 0 saturated carbocycles. The average Bonchev–Trinajstić information content (AvgIpc) is 3.97. The summed E-state index contributed by atoms with van der Waals surface area (Å²) < 4.78 is 15.1. The van der Waals surface area contributed by atoms with Crippen molar-refractivity contribution in [3.63, 3.8) is 0 Å². The molecule has 264 valence electrons. The van der Waals surface area contributed by atoms with Gasteiger partial charge in [-0.05, 0) is 69.8 Å². The van der Waals surface area contributed by atoms with Crippen LogP contribution in [-0.4, -0.2) is 15.0 Å². The number of furan rings is 2. The molecule has 0 amide bonds. The van der Waals surface area contributed by atoms with E-state index in [0.717, 1.165) is 65.6 Å². The smallest absolute Gasteiger partial charge is 0.165 e. The molecule has 0 saturated heterocycles. The maximum atomic E-state index is 6.40. The van der Waals surface area contributed by atoms with Crippen LogP contribution in [0.3, 0.4) is 0 Å². The zero-order valence-electron chi connectivity index (χ0n) is 30.2. The molecule has 0 N–H and O–H groups in total. The minimum atomic E-state index is 0.591. The molecule has 6 heteroatoms. The largest absolute Gasteiger partial charge is 0.456 e. The van der Waals surface area contributed by atoms with Gasteiger partial charge in [-0.3, -0.25) is 0 Å². The van der Waals surface area contributed by atoms with Gasteiger partial charge in [0.15, 0.2) is 17.5 Å². The molecule has 0 atom stereocenters. The fourth-order valence-electron chi connectivity index (χ4n) is 8.93. The van der Waals surface area contributed by atoms with Crippen molar-refractivity contribution in [1.29, 1.82) is 0 Å². The molecule has 57 heavy (non-hydrogen) atoms. The van der Waals surface area contributed by atoms with Crippen molar-refractivity contribution in [2.24, 2.45) is 0 Å². The van der Waals surface area contributed by atoms with E-state index in [1.54, 1.807) is 11.3 Å². The highest BCUT2D eigenvalue weighted by atomic mass is 32.1. The number of hydrogen-bond acceptors (Lipinski definition) is 6. The number of nitrogens with zero attached hydrogens (tertiary/aromatic N) is 3. The Morgan fingerprint density at radius 1 is 0.333 bits per heavy atom. The number of thiophene rings is 1. The second-order valence-corrected chi connectivity index (χ2v) is 15.7. The fourth-order valence-corrected chi connectivity index (χ4v) is 10.1. The Morgan fingerprint density at radius 3 is 1.82 bits per heavy atom. The summed E-state index contributed by atoms with van der Waals surface area (Å²) in [6.45, 7) is 0. The molecule has 13 aromatic rings. The van der Waals surface area contributed by atoms with Gasteiger partial charge in [0.1, 0.15) is 22.3 Å². The van der Waals surface area contributed by atoms with Crippen molar-refractivity contribution in [1.82, 2.24) is 15.0 Å². The van der Waals surface area contributed by atoms with Crippen LogP contribution in [0.4, 0.5) is 0 Å². The molecule has 0 spiro atoms. The van der Waals surface area contributed by atoms with Gasteiger partial charge in [0.2, 0.25) is 0 Å². The number of rotatable bonds is 4. The SMILES string of the molecule is c1ccc2c(c1)oc1cc(-c3nc(-c4ccc(-c5ccc6oc7cccc8c9ccccc9c5c6c78)cc4)nc(-c4cccc5c4sc4ccccc45)n3)ccc12. The van der Waals surface area contributed by atoms with Gasteiger partial charge in [0.25, 0.3) is 0 Å². The third-order valence-corrected chi connectivity index (χ3v) is 12.7. The van der Waals surface area contributed by atoms with E-state index in [4.69, 9.17) is 23.8 Å². The molecule has 0 radical (unpaired) electrons. The second kappa shape index (κ2) is 11.6.